The summed E-state index contributed by atoms with van der Waals surface area (Å²) in [7, 11) is 0. The minimum absolute atomic E-state index is 0.729. The molecule has 3 aromatic heterocycles. The second-order valence-corrected chi connectivity index (χ2v) is 12.1. The van der Waals surface area contributed by atoms with E-state index in [2.05, 4.69) is 139 Å². The van der Waals surface area contributed by atoms with Gasteiger partial charge in [0.2, 0.25) is 5.71 Å². The van der Waals surface area contributed by atoms with Crippen LogP contribution in [0.3, 0.4) is 0 Å². The number of hydrogen-bond donors (Lipinski definition) is 0. The van der Waals surface area contributed by atoms with Crippen molar-refractivity contribution in [3.63, 3.8) is 0 Å². The predicted molar refractivity (Wildman–Crippen MR) is 193 cm³/mol. The maximum Gasteiger partial charge on any atom is 0.213 e. The average Bonchev–Trinajstić information content (AvgIpc) is 3.68. The molecule has 0 N–H and O–H groups in total. The van der Waals surface area contributed by atoms with E-state index in [0.717, 1.165) is 80.2 Å². The summed E-state index contributed by atoms with van der Waals surface area (Å²) >= 11 is 0. The number of benzene rings is 5. The molecular weight excluding hydrogens is 574 g/mol. The van der Waals surface area contributed by atoms with Gasteiger partial charge in [0.05, 0.1) is 28.0 Å². The Morgan fingerprint density at radius 3 is 2.06 bits per heavy atom. The van der Waals surface area contributed by atoms with E-state index in [1.165, 1.54) is 22.1 Å². The van der Waals surface area contributed by atoms with Crippen LogP contribution in [0.1, 0.15) is 24.1 Å². The van der Waals surface area contributed by atoms with Gasteiger partial charge in [0.15, 0.2) is 11.4 Å². The molecule has 0 fully saturated rings. The van der Waals surface area contributed by atoms with Crippen molar-refractivity contribution in [2.45, 2.75) is 19.8 Å². The Bertz CT molecular complexity index is 2500. The van der Waals surface area contributed by atoms with Crippen LogP contribution in [-0.4, -0.2) is 14.4 Å². The first-order valence-corrected chi connectivity index (χ1v) is 16.2. The van der Waals surface area contributed by atoms with Crippen LogP contribution in [0.5, 0.6) is 0 Å². The summed E-state index contributed by atoms with van der Waals surface area (Å²) in [5.74, 6) is 0.729. The molecule has 0 radical (unpaired) electrons. The van der Waals surface area contributed by atoms with E-state index in [9.17, 15) is 0 Å². The van der Waals surface area contributed by atoms with E-state index >= 15 is 0 Å². The standard InChI is InChI=1S/C43H31N3O/c1-28-40(31-16-7-3-8-17-31)44-42(45-41(28)32-18-9-4-10-19-32)33-26-24-30(25-27-33)38-39-34(29-14-5-2-6-15-29)20-13-22-36(39)46-35-21-11-12-23-37(35)47-43(38)46/h2-9,11-18,20-27H,10,19H2,1H3. The quantitative estimate of drug-likeness (QED) is 0.196. The maximum atomic E-state index is 6.62. The highest BCUT2D eigenvalue weighted by molar-refractivity contribution is 6.13. The minimum Gasteiger partial charge on any atom is -0.438 e. The summed E-state index contributed by atoms with van der Waals surface area (Å²) in [6, 6.07) is 44.5. The Morgan fingerprint density at radius 2 is 1.30 bits per heavy atom. The fourth-order valence-corrected chi connectivity index (χ4v) is 7.03. The molecule has 9 rings (SSSR count). The molecule has 47 heavy (non-hydrogen) atoms. The van der Waals surface area contributed by atoms with E-state index < -0.39 is 0 Å². The van der Waals surface area contributed by atoms with Crippen LogP contribution in [0.4, 0.5) is 0 Å². The lowest BCUT2D eigenvalue weighted by Gasteiger charge is -2.16. The van der Waals surface area contributed by atoms with Gasteiger partial charge in [-0.15, -0.1) is 0 Å². The highest BCUT2D eigenvalue weighted by Crippen LogP contribution is 2.44. The van der Waals surface area contributed by atoms with Crippen LogP contribution in [0.2, 0.25) is 0 Å². The van der Waals surface area contributed by atoms with Gasteiger partial charge in [-0.2, -0.15) is 0 Å². The number of allylic oxidation sites excluding steroid dienone is 4. The van der Waals surface area contributed by atoms with E-state index in [1.54, 1.807) is 0 Å². The molecule has 5 aromatic carbocycles. The van der Waals surface area contributed by atoms with E-state index in [4.69, 9.17) is 14.4 Å². The van der Waals surface area contributed by atoms with E-state index in [-0.39, 0.29) is 0 Å². The zero-order chi connectivity index (χ0) is 31.3. The molecule has 0 unspecified atom stereocenters. The molecule has 0 aliphatic heterocycles. The average molecular weight is 606 g/mol. The summed E-state index contributed by atoms with van der Waals surface area (Å²) in [6.45, 7) is 2.14. The summed E-state index contributed by atoms with van der Waals surface area (Å²) in [6.07, 6.45) is 8.54. The maximum absolute atomic E-state index is 6.62. The van der Waals surface area contributed by atoms with Gasteiger partial charge in [0.25, 0.3) is 0 Å². The minimum atomic E-state index is 0.729. The van der Waals surface area contributed by atoms with Crippen molar-refractivity contribution in [2.75, 3.05) is 0 Å². The molecule has 0 saturated heterocycles. The molecule has 1 aliphatic carbocycles. The SMILES string of the molecule is Cc1c(C2=CC=CCC2)nc(-c2ccc(-c3c4c(-c5ccccc5)cccc4n4c3oc3ccccc34)cc2)nc1-c1ccccc1. The molecule has 0 spiro atoms. The van der Waals surface area contributed by atoms with Crippen LogP contribution >= 0.6 is 0 Å². The number of hydrogen-bond acceptors (Lipinski definition) is 3. The second-order valence-electron chi connectivity index (χ2n) is 12.1. The summed E-state index contributed by atoms with van der Waals surface area (Å²) in [5, 5.41) is 1.17. The molecule has 224 valence electrons. The fraction of sp³-hybridized carbons (Fsp3) is 0.0698. The molecule has 0 amide bonds. The number of aromatic nitrogens is 3. The van der Waals surface area contributed by atoms with Gasteiger partial charge in [-0.1, -0.05) is 127 Å². The molecule has 1 aliphatic rings. The van der Waals surface area contributed by atoms with Crippen molar-refractivity contribution in [3.05, 3.63) is 157 Å². The first-order valence-electron chi connectivity index (χ1n) is 16.2. The molecule has 0 bridgehead atoms. The summed E-state index contributed by atoms with van der Waals surface area (Å²) < 4.78 is 8.87. The fourth-order valence-electron chi connectivity index (χ4n) is 7.03. The third-order valence-electron chi connectivity index (χ3n) is 9.29. The van der Waals surface area contributed by atoms with Gasteiger partial charge >= 0.3 is 0 Å². The van der Waals surface area contributed by atoms with Crippen LogP contribution in [0.25, 0.3) is 78.2 Å². The van der Waals surface area contributed by atoms with Crippen LogP contribution in [-0.2, 0) is 0 Å². The van der Waals surface area contributed by atoms with Gasteiger partial charge in [-0.25, -0.2) is 9.97 Å². The van der Waals surface area contributed by atoms with E-state index in [1.807, 2.05) is 18.2 Å². The Hall–Kier alpha value is -6.00. The highest BCUT2D eigenvalue weighted by Gasteiger charge is 2.23. The lowest BCUT2D eigenvalue weighted by Crippen LogP contribution is -2.03. The highest BCUT2D eigenvalue weighted by atomic mass is 16.3. The Balaban J connectivity index is 1.25. The molecular formula is C43H31N3O. The van der Waals surface area contributed by atoms with Gasteiger partial charge in [-0.3, -0.25) is 4.40 Å². The molecule has 0 saturated carbocycles. The molecule has 4 heteroatoms. The van der Waals surface area contributed by atoms with Crippen molar-refractivity contribution in [2.24, 2.45) is 0 Å². The lowest BCUT2D eigenvalue weighted by molar-refractivity contribution is 0.658. The number of nitrogens with zero attached hydrogens (tertiary/aromatic N) is 3. The van der Waals surface area contributed by atoms with Crippen molar-refractivity contribution in [3.8, 4) is 44.9 Å². The molecule has 8 aromatic rings. The third-order valence-corrected chi connectivity index (χ3v) is 9.29. The van der Waals surface area contributed by atoms with Crippen molar-refractivity contribution in [1.29, 1.82) is 0 Å². The normalized spacial score (nSPS) is 13.1. The number of fused-ring (bicyclic) bond motifs is 5. The van der Waals surface area contributed by atoms with Crippen LogP contribution < -0.4 is 0 Å². The van der Waals surface area contributed by atoms with Crippen LogP contribution in [0, 0.1) is 6.92 Å². The number of oxazole rings is 1. The molecule has 4 nitrogen and oxygen atoms in total. The Labute approximate surface area is 273 Å². The monoisotopic (exact) mass is 605 g/mol. The van der Waals surface area contributed by atoms with Crippen LogP contribution in [0.15, 0.2) is 150 Å². The van der Waals surface area contributed by atoms with Gasteiger partial charge < -0.3 is 4.42 Å². The van der Waals surface area contributed by atoms with Crippen molar-refractivity contribution in [1.82, 2.24) is 14.4 Å². The van der Waals surface area contributed by atoms with Gasteiger partial charge in [0.1, 0.15) is 0 Å². The largest absolute Gasteiger partial charge is 0.438 e. The van der Waals surface area contributed by atoms with E-state index in [0.29, 0.717) is 0 Å². The zero-order valence-electron chi connectivity index (χ0n) is 26.0. The predicted octanol–water partition coefficient (Wildman–Crippen LogP) is 11.3. The molecule has 3 heterocycles. The van der Waals surface area contributed by atoms with Gasteiger partial charge in [0, 0.05) is 22.1 Å². The Morgan fingerprint density at radius 1 is 0.617 bits per heavy atom. The number of para-hydroxylation sites is 2. The van der Waals surface area contributed by atoms with Crippen molar-refractivity contribution < 1.29 is 4.42 Å². The van der Waals surface area contributed by atoms with Crippen molar-refractivity contribution >= 4 is 33.3 Å². The summed E-state index contributed by atoms with van der Waals surface area (Å²) in [5.41, 5.74) is 14.8. The smallest absolute Gasteiger partial charge is 0.213 e. The Kier molecular flexibility index (Phi) is 6.46. The third kappa shape index (κ3) is 4.52. The summed E-state index contributed by atoms with van der Waals surface area (Å²) in [4.78, 5) is 10.4. The second kappa shape index (κ2) is 11.1. The van der Waals surface area contributed by atoms with Gasteiger partial charge in [-0.05, 0) is 60.2 Å². The first kappa shape index (κ1) is 27.3. The number of rotatable bonds is 5. The molecule has 0 atom stereocenters. The zero-order valence-corrected chi connectivity index (χ0v) is 26.0. The lowest BCUT2D eigenvalue weighted by atomic mass is 9.95. The first-order chi connectivity index (χ1) is 23.2. The topological polar surface area (TPSA) is 43.3 Å².